The Morgan fingerprint density at radius 2 is 2.00 bits per heavy atom. The Bertz CT molecular complexity index is 465. The fourth-order valence-electron chi connectivity index (χ4n) is 6.09. The summed E-state index contributed by atoms with van der Waals surface area (Å²) in [5, 5.41) is 0. The zero-order valence-electron chi connectivity index (χ0n) is 17.2. The van der Waals surface area contributed by atoms with Crippen LogP contribution in [0.5, 0.6) is 0 Å². The molecule has 2 fully saturated rings. The molecule has 3 N–H and O–H groups in total. The van der Waals surface area contributed by atoms with E-state index in [0.29, 0.717) is 28.6 Å². The first-order valence-electron chi connectivity index (χ1n) is 10.3. The van der Waals surface area contributed by atoms with Gasteiger partial charge >= 0.3 is 6.09 Å². The molecule has 0 aromatic heterocycles. The topological polar surface area (TPSA) is 64.3 Å². The molecule has 0 saturated heterocycles. The number of nitrogens with two attached hydrogens (primary N) is 1. The summed E-state index contributed by atoms with van der Waals surface area (Å²) in [6, 6.07) is 0. The quantitative estimate of drug-likeness (QED) is 0.402. The molecule has 4 heteroatoms. The molecule has 0 spiro atoms. The number of rotatable bonds is 5. The van der Waals surface area contributed by atoms with Gasteiger partial charge < -0.3 is 4.74 Å². The highest BCUT2D eigenvalue weighted by Crippen LogP contribution is 2.62. The van der Waals surface area contributed by atoms with Crippen LogP contribution in [-0.2, 0) is 4.74 Å². The molecule has 0 aromatic rings. The lowest BCUT2D eigenvalue weighted by atomic mass is 9.45. The normalized spacial score (nSPS) is 38.5. The van der Waals surface area contributed by atoms with Crippen LogP contribution in [-0.4, -0.2) is 12.2 Å². The van der Waals surface area contributed by atoms with Crippen LogP contribution in [0, 0.1) is 34.5 Å². The molecule has 146 valence electrons. The highest BCUT2D eigenvalue weighted by Gasteiger charge is 2.56. The molecule has 25 heavy (non-hydrogen) atoms. The van der Waals surface area contributed by atoms with Crippen LogP contribution in [0.3, 0.4) is 0 Å². The maximum absolute atomic E-state index is 11.8. The van der Waals surface area contributed by atoms with E-state index in [4.69, 9.17) is 10.6 Å². The predicted octanol–water partition coefficient (Wildman–Crippen LogP) is 5.27. The van der Waals surface area contributed by atoms with Crippen molar-refractivity contribution in [3.05, 3.63) is 0 Å². The fraction of sp³-hybridized carbons (Fsp3) is 0.952. The number of fused-ring (bicyclic) bond motifs is 1. The summed E-state index contributed by atoms with van der Waals surface area (Å²) in [5.74, 6) is 7.63. The molecule has 2 saturated carbocycles. The first kappa shape index (κ1) is 20.5. The largest absolute Gasteiger partial charge is 0.445 e. The van der Waals surface area contributed by atoms with Gasteiger partial charge in [0.05, 0.1) is 0 Å². The molecule has 2 rings (SSSR count). The number of hydrogen-bond acceptors (Lipinski definition) is 3. The Kier molecular flexibility index (Phi) is 6.45. The molecule has 0 heterocycles. The molecule has 0 aliphatic heterocycles. The Hall–Kier alpha value is -0.770. The average Bonchev–Trinajstić information content (AvgIpc) is 2.55. The molecule has 6 atom stereocenters. The molecular formula is C21H40N2O2. The third kappa shape index (κ3) is 4.15. The number of amides is 1. The van der Waals surface area contributed by atoms with Gasteiger partial charge in [-0.25, -0.2) is 10.6 Å². The molecule has 4 nitrogen and oxygen atoms in total. The van der Waals surface area contributed by atoms with E-state index in [-0.39, 0.29) is 6.10 Å². The van der Waals surface area contributed by atoms with E-state index in [1.807, 2.05) is 0 Å². The SMILES string of the molecule is CC[C@@H](C)CC[C@H]1[C@@H](C)[C@H](OC(=O)NN)C[C@H]2C(C)(C)CCC[C@]12C. The van der Waals surface area contributed by atoms with Crippen LogP contribution in [0.4, 0.5) is 4.79 Å². The summed E-state index contributed by atoms with van der Waals surface area (Å²) in [5.41, 5.74) is 2.81. The summed E-state index contributed by atoms with van der Waals surface area (Å²) in [4.78, 5) is 11.8. The second-order valence-electron chi connectivity index (χ2n) is 9.78. The van der Waals surface area contributed by atoms with Crippen molar-refractivity contribution in [2.75, 3.05) is 0 Å². The van der Waals surface area contributed by atoms with Crippen molar-refractivity contribution in [1.29, 1.82) is 0 Å². The maximum atomic E-state index is 11.8. The van der Waals surface area contributed by atoms with Gasteiger partial charge in [0, 0.05) is 0 Å². The van der Waals surface area contributed by atoms with Crippen molar-refractivity contribution in [3.8, 4) is 0 Å². The Labute approximate surface area is 154 Å². The minimum Gasteiger partial charge on any atom is -0.445 e. The van der Waals surface area contributed by atoms with Crippen LogP contribution < -0.4 is 11.3 Å². The third-order valence-corrected chi connectivity index (χ3v) is 7.86. The molecule has 2 aliphatic rings. The second-order valence-corrected chi connectivity index (χ2v) is 9.78. The summed E-state index contributed by atoms with van der Waals surface area (Å²) >= 11 is 0. The minimum absolute atomic E-state index is 0.0269. The number of nitrogens with one attached hydrogen (secondary N) is 1. The maximum Gasteiger partial charge on any atom is 0.421 e. The molecule has 2 aliphatic carbocycles. The molecule has 0 radical (unpaired) electrons. The number of carbonyl (C=O) groups excluding carboxylic acids is 1. The van der Waals surface area contributed by atoms with Crippen molar-refractivity contribution in [3.63, 3.8) is 0 Å². The van der Waals surface area contributed by atoms with E-state index in [1.54, 1.807) is 0 Å². The van der Waals surface area contributed by atoms with Gasteiger partial charge in [0.1, 0.15) is 6.10 Å². The van der Waals surface area contributed by atoms with Gasteiger partial charge in [-0.05, 0) is 60.2 Å². The van der Waals surface area contributed by atoms with Crippen LogP contribution in [0.25, 0.3) is 0 Å². The smallest absolute Gasteiger partial charge is 0.421 e. The Morgan fingerprint density at radius 3 is 2.60 bits per heavy atom. The van der Waals surface area contributed by atoms with Gasteiger partial charge in [-0.3, -0.25) is 5.43 Å². The van der Waals surface area contributed by atoms with E-state index < -0.39 is 6.09 Å². The molecular weight excluding hydrogens is 312 g/mol. The first-order chi connectivity index (χ1) is 11.7. The summed E-state index contributed by atoms with van der Waals surface area (Å²) in [7, 11) is 0. The minimum atomic E-state index is -0.491. The molecule has 1 amide bonds. The highest BCUT2D eigenvalue weighted by molar-refractivity contribution is 5.66. The van der Waals surface area contributed by atoms with Gasteiger partial charge in [-0.1, -0.05) is 60.8 Å². The third-order valence-electron chi connectivity index (χ3n) is 7.86. The highest BCUT2D eigenvalue weighted by atomic mass is 16.6. The van der Waals surface area contributed by atoms with Crippen molar-refractivity contribution in [1.82, 2.24) is 5.43 Å². The second kappa shape index (κ2) is 7.85. The number of ether oxygens (including phenoxy) is 1. The first-order valence-corrected chi connectivity index (χ1v) is 10.3. The average molecular weight is 353 g/mol. The van der Waals surface area contributed by atoms with Crippen LogP contribution >= 0.6 is 0 Å². The molecule has 0 aromatic carbocycles. The monoisotopic (exact) mass is 352 g/mol. The van der Waals surface area contributed by atoms with Gasteiger partial charge in [-0.2, -0.15) is 0 Å². The van der Waals surface area contributed by atoms with Gasteiger partial charge in [0.15, 0.2) is 0 Å². The zero-order valence-corrected chi connectivity index (χ0v) is 17.2. The standard InChI is InChI=1S/C21H40N2O2/c1-7-14(2)9-10-16-15(3)17(25-19(24)23-22)13-18-20(4,5)11-8-12-21(16,18)6/h14-18H,7-13,22H2,1-6H3,(H,23,24)/t14-,15-,16+,17-,18+,21-/m1/s1. The van der Waals surface area contributed by atoms with E-state index in [2.05, 4.69) is 47.0 Å². The van der Waals surface area contributed by atoms with Crippen molar-refractivity contribution < 1.29 is 9.53 Å². The van der Waals surface area contributed by atoms with Crippen molar-refractivity contribution in [2.45, 2.75) is 92.6 Å². The van der Waals surface area contributed by atoms with Gasteiger partial charge in [-0.15, -0.1) is 0 Å². The summed E-state index contributed by atoms with van der Waals surface area (Å²) in [6.07, 6.45) is 8.10. The van der Waals surface area contributed by atoms with Crippen LogP contribution in [0.1, 0.15) is 86.5 Å². The number of hydrazine groups is 1. The number of hydrogen-bond donors (Lipinski definition) is 2. The zero-order chi connectivity index (χ0) is 18.8. The Balaban J connectivity index is 2.28. The van der Waals surface area contributed by atoms with E-state index in [0.717, 1.165) is 12.3 Å². The predicted molar refractivity (Wildman–Crippen MR) is 103 cm³/mol. The van der Waals surface area contributed by atoms with Crippen molar-refractivity contribution >= 4 is 6.09 Å². The molecule has 0 unspecified atom stereocenters. The van der Waals surface area contributed by atoms with Crippen molar-refractivity contribution in [2.24, 2.45) is 40.3 Å². The van der Waals surface area contributed by atoms with E-state index >= 15 is 0 Å². The molecule has 0 bridgehead atoms. The summed E-state index contributed by atoms with van der Waals surface area (Å²) < 4.78 is 5.73. The lowest BCUT2D eigenvalue weighted by molar-refractivity contribution is -0.143. The fourth-order valence-corrected chi connectivity index (χ4v) is 6.09. The lowest BCUT2D eigenvalue weighted by Crippen LogP contribution is -2.56. The number of carbonyl (C=O) groups is 1. The lowest BCUT2D eigenvalue weighted by Gasteiger charge is -2.60. The Morgan fingerprint density at radius 1 is 1.32 bits per heavy atom. The van der Waals surface area contributed by atoms with Gasteiger partial charge in [0.25, 0.3) is 0 Å². The summed E-state index contributed by atoms with van der Waals surface area (Å²) in [6.45, 7) is 14.3. The van der Waals surface area contributed by atoms with E-state index in [1.165, 1.54) is 38.5 Å². The van der Waals surface area contributed by atoms with Gasteiger partial charge in [0.2, 0.25) is 0 Å². The van der Waals surface area contributed by atoms with E-state index in [9.17, 15) is 4.79 Å². The van der Waals surface area contributed by atoms with Crippen LogP contribution in [0.2, 0.25) is 0 Å². The van der Waals surface area contributed by atoms with Crippen LogP contribution in [0.15, 0.2) is 0 Å².